The molecule has 35 heavy (non-hydrogen) atoms. The van der Waals surface area contributed by atoms with Crippen molar-refractivity contribution in [2.45, 2.75) is 6.92 Å². The van der Waals surface area contributed by atoms with Crippen LogP contribution in [0.1, 0.15) is 28.4 Å². The maximum Gasteiger partial charge on any atom is 1.00 e. The van der Waals surface area contributed by atoms with Gasteiger partial charge in [0.15, 0.2) is 0 Å². The summed E-state index contributed by atoms with van der Waals surface area (Å²) in [5.41, 5.74) is 1.02. The quantitative estimate of drug-likeness (QED) is 0.224. The van der Waals surface area contributed by atoms with E-state index in [0.717, 1.165) is 0 Å². The van der Waals surface area contributed by atoms with E-state index in [1.54, 1.807) is 25.1 Å². The zero-order chi connectivity index (χ0) is 24.2. The van der Waals surface area contributed by atoms with Gasteiger partial charge in [-0.3, -0.25) is 0 Å². The van der Waals surface area contributed by atoms with E-state index in [2.05, 4.69) is 9.97 Å². The summed E-state index contributed by atoms with van der Waals surface area (Å²) in [4.78, 5) is 28.6. The molecular weight excluding hydrogens is 510 g/mol. The molecule has 0 amide bonds. The fourth-order valence-corrected chi connectivity index (χ4v) is 2.28. The van der Waals surface area contributed by atoms with Crippen molar-refractivity contribution in [2.24, 2.45) is 0 Å². The van der Waals surface area contributed by atoms with E-state index in [4.69, 9.17) is 39.7 Å². The van der Waals surface area contributed by atoms with Gasteiger partial charge in [-0.25, -0.2) is 14.8 Å². The molecule has 0 saturated heterocycles. The van der Waals surface area contributed by atoms with Crippen molar-refractivity contribution in [3.63, 3.8) is 0 Å². The Hall–Kier alpha value is -1.89. The van der Waals surface area contributed by atoms with Gasteiger partial charge in [0.25, 0.3) is 0 Å². The normalized spacial score (nSPS) is 8.77. The van der Waals surface area contributed by atoms with Gasteiger partial charge >= 0.3 is 109 Å². The SMILES string of the molecule is CCOC(=O)c1cc(Oc2ccc(C#N)cn2)cc(Oc2ccc(C#N)cn2)c1.O=C([O-])[O-].[K+].[K+]. The Kier molecular flexibility index (Phi) is 16.6. The molecule has 11 nitrogen and oxygen atoms in total. The number of carboxylic acid groups (broad SMARTS) is 2. The Morgan fingerprint density at radius 2 is 1.29 bits per heavy atom. The van der Waals surface area contributed by atoms with Crippen LogP contribution in [-0.4, -0.2) is 28.7 Å². The van der Waals surface area contributed by atoms with E-state index in [-0.39, 0.29) is 138 Å². The van der Waals surface area contributed by atoms with Crippen molar-refractivity contribution < 1.29 is 137 Å². The topological polar surface area (TPSA) is 181 Å². The first-order valence-electron chi connectivity index (χ1n) is 9.12. The molecule has 0 aliphatic carbocycles. The maximum absolute atomic E-state index is 12.2. The van der Waals surface area contributed by atoms with Gasteiger partial charge in [0.1, 0.15) is 23.6 Å². The second kappa shape index (κ2) is 17.5. The van der Waals surface area contributed by atoms with E-state index in [1.807, 2.05) is 12.1 Å². The van der Waals surface area contributed by atoms with E-state index in [1.165, 1.54) is 36.7 Å². The van der Waals surface area contributed by atoms with Crippen molar-refractivity contribution in [1.29, 1.82) is 10.5 Å². The third-order valence-electron chi connectivity index (χ3n) is 3.57. The summed E-state index contributed by atoms with van der Waals surface area (Å²) >= 11 is 0. The van der Waals surface area contributed by atoms with Gasteiger partial charge in [0.05, 0.1) is 23.3 Å². The molecule has 2 heterocycles. The number of hydrogen-bond donors (Lipinski definition) is 0. The number of carbonyl (C=O) groups is 2. The summed E-state index contributed by atoms with van der Waals surface area (Å²) in [5, 5.41) is 34.4. The predicted octanol–water partition coefficient (Wildman–Crippen LogP) is -4.46. The summed E-state index contributed by atoms with van der Waals surface area (Å²) in [6.45, 7) is 1.92. The van der Waals surface area contributed by atoms with Crippen LogP contribution in [0, 0.1) is 22.7 Å². The number of aromatic nitrogens is 2. The fourth-order valence-electron chi connectivity index (χ4n) is 2.28. The van der Waals surface area contributed by atoms with Crippen molar-refractivity contribution >= 4 is 12.1 Å². The monoisotopic (exact) mass is 524 g/mol. The minimum absolute atomic E-state index is 0. The number of carbonyl (C=O) groups excluding carboxylic acids is 2. The summed E-state index contributed by atoms with van der Waals surface area (Å²) in [7, 11) is 0. The molecular formula is C22H14K2N4O7. The van der Waals surface area contributed by atoms with Gasteiger partial charge in [0, 0.05) is 30.6 Å². The average Bonchev–Trinajstić information content (AvgIpc) is 2.80. The van der Waals surface area contributed by atoms with Gasteiger partial charge in [-0.15, -0.1) is 0 Å². The van der Waals surface area contributed by atoms with Gasteiger partial charge in [-0.05, 0) is 37.3 Å². The van der Waals surface area contributed by atoms with E-state index in [9.17, 15) is 4.79 Å². The first kappa shape index (κ1) is 33.1. The Balaban J connectivity index is 0.00000179. The van der Waals surface area contributed by atoms with Crippen LogP contribution in [0.5, 0.6) is 23.3 Å². The van der Waals surface area contributed by atoms with Crippen LogP contribution in [0.15, 0.2) is 54.9 Å². The molecule has 2 aromatic heterocycles. The van der Waals surface area contributed by atoms with Gasteiger partial charge in [0.2, 0.25) is 11.8 Å². The number of rotatable bonds is 6. The first-order valence-corrected chi connectivity index (χ1v) is 9.12. The molecule has 0 N–H and O–H groups in total. The molecule has 0 aliphatic heterocycles. The molecule has 0 spiro atoms. The van der Waals surface area contributed by atoms with Crippen LogP contribution in [0.25, 0.3) is 0 Å². The first-order chi connectivity index (χ1) is 15.8. The fraction of sp³-hybridized carbons (Fsp3) is 0.0909. The number of hydrogen-bond acceptors (Lipinski definition) is 11. The van der Waals surface area contributed by atoms with Gasteiger partial charge in [-0.2, -0.15) is 10.5 Å². The smallest absolute Gasteiger partial charge is 0.652 e. The third kappa shape index (κ3) is 12.1. The molecule has 3 rings (SSSR count). The third-order valence-corrected chi connectivity index (χ3v) is 3.57. The molecule has 0 unspecified atom stereocenters. The molecule has 166 valence electrons. The average molecular weight is 525 g/mol. The van der Waals surface area contributed by atoms with Crippen LogP contribution in [0.2, 0.25) is 0 Å². The number of ether oxygens (including phenoxy) is 3. The Labute approximate surface area is 285 Å². The molecule has 0 fully saturated rings. The summed E-state index contributed by atoms with van der Waals surface area (Å²) in [5.74, 6) is 0.524. The largest absolute Gasteiger partial charge is 1.00 e. The summed E-state index contributed by atoms with van der Waals surface area (Å²) in [6.07, 6.45) is 0.422. The van der Waals surface area contributed by atoms with Crippen LogP contribution in [0.3, 0.4) is 0 Å². The number of pyridine rings is 2. The zero-order valence-electron chi connectivity index (χ0n) is 19.0. The second-order valence-corrected chi connectivity index (χ2v) is 5.86. The predicted molar refractivity (Wildman–Crippen MR) is 106 cm³/mol. The van der Waals surface area contributed by atoms with Gasteiger partial charge < -0.3 is 29.2 Å². The molecule has 0 aliphatic rings. The molecule has 0 saturated carbocycles. The zero-order valence-corrected chi connectivity index (χ0v) is 25.3. The minimum atomic E-state index is -2.33. The molecule has 13 heteroatoms. The summed E-state index contributed by atoms with van der Waals surface area (Å²) < 4.78 is 16.4. The van der Waals surface area contributed by atoms with Gasteiger partial charge in [-0.1, -0.05) is 0 Å². The number of nitriles is 2. The number of esters is 1. The number of benzene rings is 1. The molecule has 0 radical (unpaired) electrons. The standard InChI is InChI=1S/C21H14N4O4.CH2O3.2K/c1-2-27-21(26)16-7-17(28-19-5-3-14(10-22)12-24-19)9-18(8-16)29-20-6-4-15(11-23)13-25-20;2-1(3)4;;/h3-9,12-13H,2H2,1H3;(H2,2,3,4);;/q;;2*+1/p-2. The Bertz CT molecular complexity index is 1130. The van der Waals surface area contributed by atoms with Crippen LogP contribution >= 0.6 is 0 Å². The Morgan fingerprint density at radius 1 is 0.857 bits per heavy atom. The minimum Gasteiger partial charge on any atom is -0.652 e. The van der Waals surface area contributed by atoms with E-state index >= 15 is 0 Å². The maximum atomic E-state index is 12.2. The Morgan fingerprint density at radius 3 is 1.60 bits per heavy atom. The van der Waals surface area contributed by atoms with Crippen molar-refractivity contribution in [1.82, 2.24) is 9.97 Å². The van der Waals surface area contributed by atoms with Crippen LogP contribution < -0.4 is 122 Å². The molecule has 0 bridgehead atoms. The van der Waals surface area contributed by atoms with Crippen LogP contribution in [0.4, 0.5) is 4.79 Å². The molecule has 1 aromatic carbocycles. The second-order valence-electron chi connectivity index (χ2n) is 5.86. The van der Waals surface area contributed by atoms with E-state index < -0.39 is 12.1 Å². The van der Waals surface area contributed by atoms with Crippen molar-refractivity contribution in [3.05, 3.63) is 71.5 Å². The van der Waals surface area contributed by atoms with Crippen LogP contribution in [-0.2, 0) is 4.74 Å². The summed E-state index contributed by atoms with van der Waals surface area (Å²) in [6, 6.07) is 14.7. The van der Waals surface area contributed by atoms with E-state index in [0.29, 0.717) is 11.1 Å². The molecule has 0 atom stereocenters. The van der Waals surface area contributed by atoms with Crippen molar-refractivity contribution in [3.8, 4) is 35.4 Å². The molecule has 3 aromatic rings. The number of nitrogens with zero attached hydrogens (tertiary/aromatic N) is 4. The van der Waals surface area contributed by atoms with Crippen molar-refractivity contribution in [2.75, 3.05) is 6.61 Å².